The maximum Gasteiger partial charge on any atom is 0.355 e. The summed E-state index contributed by atoms with van der Waals surface area (Å²) in [5, 5.41) is 4.33. The minimum absolute atomic E-state index is 0.147. The molecule has 0 saturated heterocycles. The molecule has 0 amide bonds. The van der Waals surface area contributed by atoms with E-state index in [1.54, 1.807) is 12.3 Å². The third-order valence-corrected chi connectivity index (χ3v) is 3.27. The number of nitrogens with zero attached hydrogens (tertiary/aromatic N) is 3. The highest BCUT2D eigenvalue weighted by Gasteiger charge is 2.17. The lowest BCUT2D eigenvalue weighted by molar-refractivity contribution is 0.0448. The van der Waals surface area contributed by atoms with Crippen LogP contribution in [0.4, 0.5) is 5.69 Å². The Labute approximate surface area is 124 Å². The fraction of sp³-hybridized carbons (Fsp3) is 0.467. The molecule has 0 saturated carbocycles. The number of carbonyl (C=O) groups excluding carboxylic acids is 1. The lowest BCUT2D eigenvalue weighted by Crippen LogP contribution is -2.14. The van der Waals surface area contributed by atoms with Crippen molar-refractivity contribution in [3.05, 3.63) is 35.4 Å². The summed E-state index contributed by atoms with van der Waals surface area (Å²) in [6.07, 6.45) is 1.75. The molecular formula is C15H22N4O2. The van der Waals surface area contributed by atoms with Gasteiger partial charge in [-0.15, -0.1) is 0 Å². The minimum atomic E-state index is -0.373. The standard InChI is InChI=1S/C15H22N4O2/c1-5-19-13(6-11(4)17-19)9-21-15(20)14-7-12(16)8-18(14)10(2)3/h6-8,10H,5,9,16H2,1-4H3. The van der Waals surface area contributed by atoms with E-state index in [0.29, 0.717) is 11.4 Å². The molecule has 2 heterocycles. The van der Waals surface area contributed by atoms with Crippen molar-refractivity contribution in [2.45, 2.75) is 46.9 Å². The average Bonchev–Trinajstić information content (AvgIpc) is 2.98. The number of ether oxygens (including phenoxy) is 1. The Balaban J connectivity index is 2.11. The van der Waals surface area contributed by atoms with Gasteiger partial charge in [0.2, 0.25) is 0 Å². The largest absolute Gasteiger partial charge is 0.455 e. The third-order valence-electron chi connectivity index (χ3n) is 3.27. The third kappa shape index (κ3) is 3.26. The number of rotatable bonds is 5. The molecular weight excluding hydrogens is 268 g/mol. The summed E-state index contributed by atoms with van der Waals surface area (Å²) in [7, 11) is 0. The van der Waals surface area contributed by atoms with Crippen LogP contribution in [0, 0.1) is 6.92 Å². The summed E-state index contributed by atoms with van der Waals surface area (Å²) in [6.45, 7) is 8.86. The van der Waals surface area contributed by atoms with Crippen LogP contribution in [-0.4, -0.2) is 20.3 Å². The highest BCUT2D eigenvalue weighted by molar-refractivity contribution is 5.89. The van der Waals surface area contributed by atoms with Gasteiger partial charge in [-0.1, -0.05) is 0 Å². The summed E-state index contributed by atoms with van der Waals surface area (Å²) in [6, 6.07) is 3.71. The number of hydrogen-bond donors (Lipinski definition) is 1. The van der Waals surface area contributed by atoms with Crippen molar-refractivity contribution in [2.75, 3.05) is 5.73 Å². The Morgan fingerprint density at radius 2 is 2.14 bits per heavy atom. The van der Waals surface area contributed by atoms with Gasteiger partial charge in [-0.25, -0.2) is 4.79 Å². The predicted molar refractivity (Wildman–Crippen MR) is 81.0 cm³/mol. The normalized spacial score (nSPS) is 11.1. The number of hydrogen-bond acceptors (Lipinski definition) is 4. The Bertz CT molecular complexity index is 640. The van der Waals surface area contributed by atoms with Crippen molar-refractivity contribution in [1.29, 1.82) is 0 Å². The van der Waals surface area contributed by atoms with Crippen LogP contribution in [0.25, 0.3) is 0 Å². The van der Waals surface area contributed by atoms with Crippen LogP contribution in [0.15, 0.2) is 18.3 Å². The van der Waals surface area contributed by atoms with Gasteiger partial charge in [-0.2, -0.15) is 5.10 Å². The van der Waals surface area contributed by atoms with Gasteiger partial charge >= 0.3 is 5.97 Å². The number of nitrogens with two attached hydrogens (primary N) is 1. The van der Waals surface area contributed by atoms with Crippen LogP contribution in [0.3, 0.4) is 0 Å². The monoisotopic (exact) mass is 290 g/mol. The van der Waals surface area contributed by atoms with Gasteiger partial charge in [0.05, 0.1) is 17.1 Å². The Kier molecular flexibility index (Phi) is 4.35. The molecule has 0 bridgehead atoms. The Morgan fingerprint density at radius 1 is 1.43 bits per heavy atom. The van der Waals surface area contributed by atoms with Gasteiger partial charge in [0.1, 0.15) is 12.3 Å². The predicted octanol–water partition coefficient (Wildman–Crippen LogP) is 2.53. The van der Waals surface area contributed by atoms with E-state index in [1.165, 1.54) is 0 Å². The van der Waals surface area contributed by atoms with Gasteiger partial charge in [-0.05, 0) is 39.8 Å². The highest BCUT2D eigenvalue weighted by atomic mass is 16.5. The number of carbonyl (C=O) groups is 1. The van der Waals surface area contributed by atoms with Crippen molar-refractivity contribution in [1.82, 2.24) is 14.3 Å². The average molecular weight is 290 g/mol. The molecule has 0 radical (unpaired) electrons. The summed E-state index contributed by atoms with van der Waals surface area (Å²) in [4.78, 5) is 12.2. The van der Waals surface area contributed by atoms with Crippen LogP contribution < -0.4 is 5.73 Å². The quantitative estimate of drug-likeness (QED) is 0.859. The molecule has 0 aliphatic rings. The maximum absolute atomic E-state index is 12.2. The first-order chi connectivity index (χ1) is 9.92. The van der Waals surface area contributed by atoms with Crippen LogP contribution in [-0.2, 0) is 17.9 Å². The first-order valence-corrected chi connectivity index (χ1v) is 7.10. The van der Waals surface area contributed by atoms with E-state index in [2.05, 4.69) is 5.10 Å². The molecule has 0 aliphatic carbocycles. The minimum Gasteiger partial charge on any atom is -0.455 e. The zero-order valence-corrected chi connectivity index (χ0v) is 13.0. The van der Waals surface area contributed by atoms with E-state index in [4.69, 9.17) is 10.5 Å². The molecule has 0 aromatic carbocycles. The SMILES string of the molecule is CCn1nc(C)cc1COC(=O)c1cc(N)cn1C(C)C. The van der Waals surface area contributed by atoms with Crippen molar-refractivity contribution in [2.24, 2.45) is 0 Å². The second kappa shape index (κ2) is 6.03. The first kappa shape index (κ1) is 15.2. The van der Waals surface area contributed by atoms with E-state index in [9.17, 15) is 4.79 Å². The van der Waals surface area contributed by atoms with Gasteiger partial charge in [0.15, 0.2) is 0 Å². The van der Waals surface area contributed by atoms with Gasteiger partial charge in [-0.3, -0.25) is 4.68 Å². The smallest absolute Gasteiger partial charge is 0.355 e. The van der Waals surface area contributed by atoms with Crippen LogP contribution in [0.5, 0.6) is 0 Å². The van der Waals surface area contributed by atoms with E-state index in [0.717, 1.165) is 17.9 Å². The number of anilines is 1. The summed E-state index contributed by atoms with van der Waals surface area (Å²) in [5.74, 6) is -0.373. The van der Waals surface area contributed by atoms with E-state index in [-0.39, 0.29) is 18.6 Å². The Hall–Kier alpha value is -2.24. The molecule has 0 fully saturated rings. The summed E-state index contributed by atoms with van der Waals surface area (Å²) in [5.41, 5.74) is 8.61. The van der Waals surface area contributed by atoms with E-state index < -0.39 is 0 Å². The molecule has 2 aromatic heterocycles. The number of nitrogen functional groups attached to an aromatic ring is 1. The molecule has 114 valence electrons. The molecule has 2 rings (SSSR count). The first-order valence-electron chi connectivity index (χ1n) is 7.10. The zero-order valence-electron chi connectivity index (χ0n) is 13.0. The van der Waals surface area contributed by atoms with Crippen molar-refractivity contribution in [3.8, 4) is 0 Å². The number of aryl methyl sites for hydroxylation is 2. The van der Waals surface area contributed by atoms with Crippen LogP contribution >= 0.6 is 0 Å². The molecule has 0 aliphatic heterocycles. The van der Waals surface area contributed by atoms with Crippen LogP contribution in [0.1, 0.15) is 48.7 Å². The van der Waals surface area contributed by atoms with Gasteiger partial charge < -0.3 is 15.0 Å². The molecule has 6 nitrogen and oxygen atoms in total. The number of aromatic nitrogens is 3. The fourth-order valence-corrected chi connectivity index (χ4v) is 2.29. The molecule has 0 atom stereocenters. The van der Waals surface area contributed by atoms with Crippen molar-refractivity contribution in [3.63, 3.8) is 0 Å². The van der Waals surface area contributed by atoms with E-state index in [1.807, 2.05) is 43.0 Å². The zero-order chi connectivity index (χ0) is 15.6. The summed E-state index contributed by atoms with van der Waals surface area (Å²) >= 11 is 0. The number of esters is 1. The lowest BCUT2D eigenvalue weighted by Gasteiger charge is -2.12. The fourth-order valence-electron chi connectivity index (χ4n) is 2.29. The second-order valence-electron chi connectivity index (χ2n) is 5.33. The van der Waals surface area contributed by atoms with Crippen molar-refractivity contribution < 1.29 is 9.53 Å². The molecule has 0 unspecified atom stereocenters. The topological polar surface area (TPSA) is 75.1 Å². The van der Waals surface area contributed by atoms with E-state index >= 15 is 0 Å². The highest BCUT2D eigenvalue weighted by Crippen LogP contribution is 2.18. The van der Waals surface area contributed by atoms with Crippen molar-refractivity contribution >= 4 is 11.7 Å². The summed E-state index contributed by atoms with van der Waals surface area (Å²) < 4.78 is 9.05. The molecule has 21 heavy (non-hydrogen) atoms. The molecule has 6 heteroatoms. The lowest BCUT2D eigenvalue weighted by atomic mass is 10.3. The molecule has 0 spiro atoms. The Morgan fingerprint density at radius 3 is 2.76 bits per heavy atom. The maximum atomic E-state index is 12.2. The molecule has 2 N–H and O–H groups in total. The van der Waals surface area contributed by atoms with Crippen LogP contribution in [0.2, 0.25) is 0 Å². The second-order valence-corrected chi connectivity index (χ2v) is 5.33. The van der Waals surface area contributed by atoms with Gasteiger partial charge in [0, 0.05) is 18.8 Å². The van der Waals surface area contributed by atoms with Gasteiger partial charge in [0.25, 0.3) is 0 Å². The molecule has 2 aromatic rings.